The maximum Gasteiger partial charge on any atom is 0.151 e. The van der Waals surface area contributed by atoms with E-state index < -0.39 is 0 Å². The van der Waals surface area contributed by atoms with Crippen LogP contribution in [0, 0.1) is 0 Å². The number of aromatic hydroxyl groups is 1. The quantitative estimate of drug-likeness (QED) is 0.692. The van der Waals surface area contributed by atoms with Gasteiger partial charge in [-0.05, 0) is 6.07 Å². The average molecular weight is 191 g/mol. The van der Waals surface area contributed by atoms with E-state index in [1.165, 1.54) is 12.1 Å². The molecule has 0 heterocycles. The van der Waals surface area contributed by atoms with E-state index in [1.54, 1.807) is 0 Å². The first-order valence-corrected chi connectivity index (χ1v) is 3.54. The maximum atomic E-state index is 10.3. The Kier molecular flexibility index (Phi) is 2.37. The van der Waals surface area contributed by atoms with Crippen molar-refractivity contribution in [2.24, 2.45) is 0 Å². The minimum Gasteiger partial charge on any atom is -0.506 e. The predicted octanol–water partition coefficient (Wildman–Crippen LogP) is 2.51. The van der Waals surface area contributed by atoms with Crippen LogP contribution >= 0.6 is 23.2 Å². The summed E-state index contributed by atoms with van der Waals surface area (Å²) in [6.07, 6.45) is 0.577. The van der Waals surface area contributed by atoms with Gasteiger partial charge in [0.2, 0.25) is 0 Å². The van der Waals surface area contributed by atoms with E-state index in [9.17, 15) is 4.79 Å². The molecule has 0 aromatic heterocycles. The Morgan fingerprint density at radius 3 is 2.45 bits per heavy atom. The van der Waals surface area contributed by atoms with Crippen LogP contribution in [0.1, 0.15) is 10.4 Å². The summed E-state index contributed by atoms with van der Waals surface area (Å²) in [5.74, 6) is -0.123. The number of halogens is 2. The van der Waals surface area contributed by atoms with Gasteiger partial charge in [-0.25, -0.2) is 0 Å². The number of phenols is 1. The lowest BCUT2D eigenvalue weighted by atomic mass is 10.2. The first-order valence-electron chi connectivity index (χ1n) is 2.78. The van der Waals surface area contributed by atoms with Gasteiger partial charge in [0, 0.05) is 11.6 Å². The number of hydrogen-bond donors (Lipinski definition) is 1. The average Bonchev–Trinajstić information content (AvgIpc) is 1.97. The van der Waals surface area contributed by atoms with Crippen molar-refractivity contribution in [2.75, 3.05) is 0 Å². The van der Waals surface area contributed by atoms with Crippen LogP contribution in [0.25, 0.3) is 0 Å². The van der Waals surface area contributed by atoms with Crippen LogP contribution in [0.2, 0.25) is 10.0 Å². The molecule has 0 saturated carbocycles. The third-order valence-corrected chi connectivity index (χ3v) is 1.82. The lowest BCUT2D eigenvalue weighted by molar-refractivity contribution is 0.112. The van der Waals surface area contributed by atoms with Crippen molar-refractivity contribution in [3.05, 3.63) is 27.7 Å². The Balaban J connectivity index is 3.31. The molecule has 1 aromatic carbocycles. The second kappa shape index (κ2) is 3.11. The van der Waals surface area contributed by atoms with Crippen LogP contribution in [0.15, 0.2) is 12.1 Å². The molecule has 1 aromatic rings. The molecule has 0 fully saturated rings. The molecule has 0 aliphatic carbocycles. The van der Waals surface area contributed by atoms with E-state index in [0.717, 1.165) is 0 Å². The van der Waals surface area contributed by atoms with Gasteiger partial charge in [-0.1, -0.05) is 23.2 Å². The van der Waals surface area contributed by atoms with Crippen molar-refractivity contribution in [3.8, 4) is 5.75 Å². The molecule has 11 heavy (non-hydrogen) atoms. The number of rotatable bonds is 1. The summed E-state index contributed by atoms with van der Waals surface area (Å²) in [5.41, 5.74) is 0.273. The fraction of sp³-hybridized carbons (Fsp3) is 0. The Hall–Kier alpha value is -0.730. The molecule has 4 heteroatoms. The van der Waals surface area contributed by atoms with E-state index in [2.05, 4.69) is 0 Å². The molecule has 1 rings (SSSR count). The van der Waals surface area contributed by atoms with Crippen molar-refractivity contribution >= 4 is 29.5 Å². The minimum atomic E-state index is -0.123. The topological polar surface area (TPSA) is 37.3 Å². The Morgan fingerprint density at radius 1 is 1.27 bits per heavy atom. The van der Waals surface area contributed by atoms with E-state index in [0.29, 0.717) is 6.29 Å². The molecular weight excluding hydrogens is 187 g/mol. The maximum absolute atomic E-state index is 10.3. The van der Waals surface area contributed by atoms with Crippen LogP contribution in [-0.4, -0.2) is 11.4 Å². The zero-order valence-electron chi connectivity index (χ0n) is 5.34. The highest BCUT2D eigenvalue weighted by molar-refractivity contribution is 6.35. The molecule has 0 saturated heterocycles. The normalized spacial score (nSPS) is 9.64. The molecule has 0 bridgehead atoms. The van der Waals surface area contributed by atoms with Gasteiger partial charge in [0.15, 0.2) is 6.29 Å². The van der Waals surface area contributed by atoms with Crippen molar-refractivity contribution in [3.63, 3.8) is 0 Å². The van der Waals surface area contributed by atoms with Crippen LogP contribution in [0.4, 0.5) is 0 Å². The van der Waals surface area contributed by atoms with Gasteiger partial charge in [-0.2, -0.15) is 0 Å². The number of phenolic OH excluding ortho intramolecular Hbond substituents is 1. The van der Waals surface area contributed by atoms with Crippen LogP contribution in [-0.2, 0) is 0 Å². The summed E-state index contributed by atoms with van der Waals surface area (Å²) in [7, 11) is 0. The highest BCUT2D eigenvalue weighted by Gasteiger charge is 2.04. The number of aldehydes is 1. The highest BCUT2D eigenvalue weighted by atomic mass is 35.5. The van der Waals surface area contributed by atoms with E-state index in [-0.39, 0.29) is 21.4 Å². The molecule has 58 valence electrons. The first kappa shape index (κ1) is 8.37. The van der Waals surface area contributed by atoms with Crippen molar-refractivity contribution in [1.29, 1.82) is 0 Å². The van der Waals surface area contributed by atoms with Gasteiger partial charge in [-0.15, -0.1) is 0 Å². The van der Waals surface area contributed by atoms with Crippen LogP contribution in [0.3, 0.4) is 0 Å². The smallest absolute Gasteiger partial charge is 0.151 e. The minimum absolute atomic E-state index is 0.122. The summed E-state index contributed by atoms with van der Waals surface area (Å²) in [4.78, 5) is 10.3. The second-order valence-electron chi connectivity index (χ2n) is 1.94. The van der Waals surface area contributed by atoms with Gasteiger partial charge < -0.3 is 5.11 Å². The number of carbonyl (C=O) groups excluding carboxylic acids is 1. The molecular formula is C7H4Cl2O2. The molecule has 0 aliphatic heterocycles. The standard InChI is InChI=1S/C7H4Cl2O2/c8-5-2-7(11)6(9)1-4(5)3-10/h1-3,11H. The van der Waals surface area contributed by atoms with E-state index in [1.807, 2.05) is 0 Å². The zero-order chi connectivity index (χ0) is 8.43. The second-order valence-corrected chi connectivity index (χ2v) is 2.76. The summed E-state index contributed by atoms with van der Waals surface area (Å²) in [6.45, 7) is 0. The number of hydrogen-bond acceptors (Lipinski definition) is 2. The molecule has 0 unspecified atom stereocenters. The Bertz CT molecular complexity index is 297. The molecule has 2 nitrogen and oxygen atoms in total. The van der Waals surface area contributed by atoms with Crippen LogP contribution < -0.4 is 0 Å². The van der Waals surface area contributed by atoms with Crippen molar-refractivity contribution in [1.82, 2.24) is 0 Å². The highest BCUT2D eigenvalue weighted by Crippen LogP contribution is 2.28. The predicted molar refractivity (Wildman–Crippen MR) is 43.5 cm³/mol. The SMILES string of the molecule is O=Cc1cc(Cl)c(O)cc1Cl. The fourth-order valence-electron chi connectivity index (χ4n) is 0.642. The molecule has 0 radical (unpaired) electrons. The summed E-state index contributed by atoms with van der Waals surface area (Å²) in [5, 5.41) is 9.31. The van der Waals surface area contributed by atoms with Gasteiger partial charge in [-0.3, -0.25) is 4.79 Å². The van der Waals surface area contributed by atoms with Crippen molar-refractivity contribution < 1.29 is 9.90 Å². The van der Waals surface area contributed by atoms with E-state index >= 15 is 0 Å². The molecule has 0 spiro atoms. The van der Waals surface area contributed by atoms with E-state index in [4.69, 9.17) is 28.3 Å². The number of carbonyl (C=O) groups is 1. The lowest BCUT2D eigenvalue weighted by Gasteiger charge is -1.98. The Labute approximate surface area is 73.4 Å². The largest absolute Gasteiger partial charge is 0.506 e. The summed E-state index contributed by atoms with van der Waals surface area (Å²) >= 11 is 11.0. The third-order valence-electron chi connectivity index (χ3n) is 1.19. The van der Waals surface area contributed by atoms with Crippen LogP contribution in [0.5, 0.6) is 5.75 Å². The molecule has 1 N–H and O–H groups in total. The zero-order valence-corrected chi connectivity index (χ0v) is 6.86. The Morgan fingerprint density at radius 2 is 1.91 bits per heavy atom. The monoisotopic (exact) mass is 190 g/mol. The summed E-state index contributed by atoms with van der Waals surface area (Å²) in [6, 6.07) is 2.54. The van der Waals surface area contributed by atoms with Gasteiger partial charge in [0.1, 0.15) is 5.75 Å². The fourth-order valence-corrected chi connectivity index (χ4v) is 1.02. The molecule has 0 amide bonds. The third kappa shape index (κ3) is 1.64. The van der Waals surface area contributed by atoms with Gasteiger partial charge >= 0.3 is 0 Å². The lowest BCUT2D eigenvalue weighted by Crippen LogP contribution is -1.81. The molecule has 0 atom stereocenters. The summed E-state index contributed by atoms with van der Waals surface area (Å²) < 4.78 is 0. The number of benzene rings is 1. The van der Waals surface area contributed by atoms with Gasteiger partial charge in [0.25, 0.3) is 0 Å². The van der Waals surface area contributed by atoms with Gasteiger partial charge in [0.05, 0.1) is 10.0 Å². The molecule has 0 aliphatic rings. The van der Waals surface area contributed by atoms with Crippen molar-refractivity contribution in [2.45, 2.75) is 0 Å². The first-order chi connectivity index (χ1) is 5.15.